The van der Waals surface area contributed by atoms with Crippen molar-refractivity contribution in [1.29, 1.82) is 0 Å². The normalized spacial score (nSPS) is 16.2. The number of hydrogen-bond acceptors (Lipinski definition) is 1. The lowest BCUT2D eigenvalue weighted by atomic mass is 10.0. The molecule has 0 fully saturated rings. The van der Waals surface area contributed by atoms with Crippen LogP contribution in [0.5, 0.6) is 0 Å². The van der Waals surface area contributed by atoms with E-state index < -0.39 is 13.3 Å². The maximum Gasteiger partial charge on any atom is 0.0878 e. The Balaban J connectivity index is 3.32. The van der Waals surface area contributed by atoms with Gasteiger partial charge in [-0.25, -0.2) is 0 Å². The summed E-state index contributed by atoms with van der Waals surface area (Å²) in [7, 11) is -1.79. The van der Waals surface area contributed by atoms with Crippen LogP contribution in [-0.2, 0) is 5.22 Å². The van der Waals surface area contributed by atoms with E-state index in [4.69, 9.17) is 11.6 Å². The summed E-state index contributed by atoms with van der Waals surface area (Å²) in [5.41, 5.74) is 1.90. The molecule has 0 aliphatic carbocycles. The minimum atomic E-state index is -1.79. The highest BCUT2D eigenvalue weighted by Gasteiger charge is 2.39. The first-order valence-corrected chi connectivity index (χ1v) is 8.88. The smallest absolute Gasteiger partial charge is 0.0878 e. The molecule has 0 aromatic heterocycles. The quantitative estimate of drug-likeness (QED) is 0.786. The van der Waals surface area contributed by atoms with Gasteiger partial charge in [0.15, 0.2) is 0 Å². The van der Waals surface area contributed by atoms with Crippen molar-refractivity contribution in [1.82, 2.24) is 0 Å². The fraction of sp³-hybridized carbons (Fsp3) is 0.417. The molecule has 0 bridgehead atoms. The van der Waals surface area contributed by atoms with Crippen molar-refractivity contribution in [3.05, 3.63) is 41.3 Å². The molecule has 1 rings (SSSR count). The lowest BCUT2D eigenvalue weighted by Gasteiger charge is -2.37. The summed E-state index contributed by atoms with van der Waals surface area (Å²) in [5.74, 6) is 0. The Morgan fingerprint density at radius 1 is 1.33 bits per heavy atom. The molecule has 0 aliphatic rings. The van der Waals surface area contributed by atoms with Crippen LogP contribution in [0.2, 0.25) is 24.7 Å². The predicted molar refractivity (Wildman–Crippen MR) is 68.8 cm³/mol. The Kier molecular flexibility index (Phi) is 3.34. The van der Waals surface area contributed by atoms with Gasteiger partial charge in [-0.2, -0.15) is 0 Å². The molecule has 1 N–H and O–H groups in total. The second-order valence-electron chi connectivity index (χ2n) is 5.07. The summed E-state index contributed by atoms with van der Waals surface area (Å²) in [6, 6.07) is 5.58. The molecule has 1 atom stereocenters. The largest absolute Gasteiger partial charge is 0.389 e. The van der Waals surface area contributed by atoms with Gasteiger partial charge in [0.25, 0.3) is 0 Å². The van der Waals surface area contributed by atoms with Crippen LogP contribution >= 0.6 is 11.6 Å². The van der Waals surface area contributed by atoms with Crippen LogP contribution in [0.3, 0.4) is 0 Å². The van der Waals surface area contributed by atoms with Gasteiger partial charge in [-0.15, -0.1) is 0 Å². The number of aliphatic hydroxyl groups is 1. The highest BCUT2D eigenvalue weighted by Crippen LogP contribution is 2.34. The predicted octanol–water partition coefficient (Wildman–Crippen LogP) is 3.55. The monoisotopic (exact) mass is 241 g/mol. The summed E-state index contributed by atoms with van der Waals surface area (Å²) in [4.78, 5) is 0. The summed E-state index contributed by atoms with van der Waals surface area (Å²) in [5, 5.41) is 10.2. The Hall–Kier alpha value is -0.313. The zero-order valence-electron chi connectivity index (χ0n) is 9.76. The van der Waals surface area contributed by atoms with Gasteiger partial charge in [-0.3, -0.25) is 0 Å². The van der Waals surface area contributed by atoms with Gasteiger partial charge >= 0.3 is 0 Å². The van der Waals surface area contributed by atoms with Gasteiger partial charge < -0.3 is 5.11 Å². The zero-order valence-corrected chi connectivity index (χ0v) is 11.5. The van der Waals surface area contributed by atoms with Crippen molar-refractivity contribution in [3.63, 3.8) is 0 Å². The fourth-order valence-corrected chi connectivity index (χ4v) is 2.69. The molecule has 15 heavy (non-hydrogen) atoms. The Morgan fingerprint density at radius 2 is 1.87 bits per heavy atom. The molecule has 1 radical (unpaired) electrons. The Labute approximate surface area is 98.1 Å². The molecule has 0 saturated carbocycles. The Morgan fingerprint density at radius 3 is 2.33 bits per heavy atom. The molecule has 0 saturated heterocycles. The number of benzene rings is 1. The minimum Gasteiger partial charge on any atom is -0.389 e. The van der Waals surface area contributed by atoms with E-state index in [-0.39, 0.29) is 0 Å². The molecular formula is C12H18ClOSi. The minimum absolute atomic E-state index is 0.649. The molecule has 1 nitrogen and oxygen atoms in total. The van der Waals surface area contributed by atoms with E-state index in [1.54, 1.807) is 0 Å². The molecule has 1 aromatic carbocycles. The van der Waals surface area contributed by atoms with Gasteiger partial charge in [0, 0.05) is 5.02 Å². The molecule has 3 heteroatoms. The first kappa shape index (κ1) is 12.8. The third-order valence-electron chi connectivity index (χ3n) is 2.89. The van der Waals surface area contributed by atoms with Gasteiger partial charge in [0.1, 0.15) is 0 Å². The van der Waals surface area contributed by atoms with Crippen molar-refractivity contribution >= 4 is 19.7 Å². The third kappa shape index (κ3) is 2.44. The van der Waals surface area contributed by atoms with Crippen LogP contribution in [0.1, 0.15) is 11.1 Å². The van der Waals surface area contributed by atoms with E-state index in [1.807, 2.05) is 25.1 Å². The maximum absolute atomic E-state index is 10.5. The lowest BCUT2D eigenvalue weighted by Crippen LogP contribution is -2.47. The van der Waals surface area contributed by atoms with Crippen molar-refractivity contribution in [2.24, 2.45) is 0 Å². The zero-order chi connectivity index (χ0) is 11.9. The standard InChI is InChI=1S/C12H18ClOSi/c1-9-6-7-10(13)8-11(9)12(2,14)15(3,4)5/h6-8,14H,2H2,1,3-5H3. The van der Waals surface area contributed by atoms with E-state index >= 15 is 0 Å². The first-order valence-electron chi connectivity index (χ1n) is 5.00. The number of halogens is 1. The maximum atomic E-state index is 10.5. The van der Waals surface area contributed by atoms with Crippen LogP contribution in [0.25, 0.3) is 0 Å². The summed E-state index contributed by atoms with van der Waals surface area (Å²) in [6.45, 7) is 12.2. The molecule has 1 unspecified atom stereocenters. The average molecular weight is 242 g/mol. The molecule has 83 valence electrons. The summed E-state index contributed by atoms with van der Waals surface area (Å²) in [6.07, 6.45) is 0. The summed E-state index contributed by atoms with van der Waals surface area (Å²) >= 11 is 5.95. The van der Waals surface area contributed by atoms with E-state index in [9.17, 15) is 5.11 Å². The number of hydrogen-bond donors (Lipinski definition) is 1. The van der Waals surface area contributed by atoms with Crippen molar-refractivity contribution < 1.29 is 5.11 Å². The second kappa shape index (κ2) is 3.93. The van der Waals surface area contributed by atoms with E-state index in [0.717, 1.165) is 11.1 Å². The lowest BCUT2D eigenvalue weighted by molar-refractivity contribution is 0.164. The van der Waals surface area contributed by atoms with E-state index in [0.29, 0.717) is 5.02 Å². The van der Waals surface area contributed by atoms with E-state index in [2.05, 4.69) is 26.6 Å². The van der Waals surface area contributed by atoms with Crippen LogP contribution in [0, 0.1) is 13.8 Å². The molecule has 0 spiro atoms. The van der Waals surface area contributed by atoms with Crippen molar-refractivity contribution in [2.45, 2.75) is 31.8 Å². The van der Waals surface area contributed by atoms with Crippen molar-refractivity contribution in [3.8, 4) is 0 Å². The van der Waals surface area contributed by atoms with Gasteiger partial charge in [-0.05, 0) is 37.1 Å². The average Bonchev–Trinajstić information content (AvgIpc) is 2.07. The molecule has 0 amide bonds. The topological polar surface area (TPSA) is 20.2 Å². The first-order chi connectivity index (χ1) is 6.66. The highest BCUT2D eigenvalue weighted by molar-refractivity contribution is 6.78. The fourth-order valence-electron chi connectivity index (χ4n) is 1.44. The molecule has 1 aromatic rings. The van der Waals surface area contributed by atoms with Crippen LogP contribution < -0.4 is 0 Å². The molecule has 0 heterocycles. The third-order valence-corrected chi connectivity index (χ3v) is 5.87. The van der Waals surface area contributed by atoms with Crippen LogP contribution in [0.4, 0.5) is 0 Å². The van der Waals surface area contributed by atoms with Gasteiger partial charge in [-0.1, -0.05) is 37.3 Å². The second-order valence-corrected chi connectivity index (χ2v) is 10.8. The van der Waals surface area contributed by atoms with E-state index in [1.165, 1.54) is 0 Å². The van der Waals surface area contributed by atoms with Gasteiger partial charge in [0.05, 0.1) is 13.3 Å². The number of rotatable bonds is 2. The molecule has 0 aliphatic heterocycles. The SMILES string of the molecule is [CH2]C(O)(c1cc(Cl)ccc1C)[Si](C)(C)C. The highest BCUT2D eigenvalue weighted by atomic mass is 35.5. The van der Waals surface area contributed by atoms with Gasteiger partial charge in [0.2, 0.25) is 0 Å². The Bertz CT molecular complexity index is 366. The molecular weight excluding hydrogens is 224 g/mol. The van der Waals surface area contributed by atoms with Crippen molar-refractivity contribution in [2.75, 3.05) is 0 Å². The van der Waals surface area contributed by atoms with Crippen LogP contribution in [-0.4, -0.2) is 13.2 Å². The number of aryl methyl sites for hydroxylation is 1. The summed E-state index contributed by atoms with van der Waals surface area (Å²) < 4.78 is 0. The van der Waals surface area contributed by atoms with Crippen LogP contribution in [0.15, 0.2) is 18.2 Å².